The summed E-state index contributed by atoms with van der Waals surface area (Å²) in [4.78, 5) is 8.59. The monoisotopic (exact) mass is 269 g/mol. The van der Waals surface area contributed by atoms with E-state index in [2.05, 4.69) is 31.0 Å². The van der Waals surface area contributed by atoms with Gasteiger partial charge in [-0.05, 0) is 19.9 Å². The van der Waals surface area contributed by atoms with Crippen molar-refractivity contribution in [2.75, 3.05) is 31.7 Å². The maximum atomic E-state index is 5.49. The summed E-state index contributed by atoms with van der Waals surface area (Å²) >= 11 is 1.82. The summed E-state index contributed by atoms with van der Waals surface area (Å²) in [5, 5.41) is 4.39. The fourth-order valence-electron chi connectivity index (χ4n) is 2.22. The molecule has 1 atom stereocenters. The normalized spacial score (nSPS) is 20.7. The number of rotatable bonds is 4. The van der Waals surface area contributed by atoms with Crippen LogP contribution in [-0.4, -0.2) is 37.8 Å². The third-order valence-corrected chi connectivity index (χ3v) is 4.32. The van der Waals surface area contributed by atoms with Crippen molar-refractivity contribution in [2.24, 2.45) is 0 Å². The lowest BCUT2D eigenvalue weighted by Gasteiger charge is -2.32. The molecule has 2 heterocycles. The molecule has 0 amide bonds. The summed E-state index contributed by atoms with van der Waals surface area (Å²) in [6.07, 6.45) is 0. The molecule has 2 rings (SSSR count). The number of nitrogens with one attached hydrogen (secondary N) is 1. The number of morpholine rings is 1. The van der Waals surface area contributed by atoms with Crippen LogP contribution in [0, 0.1) is 0 Å². The second kappa shape index (κ2) is 5.99. The zero-order valence-electron chi connectivity index (χ0n) is 11.7. The van der Waals surface area contributed by atoms with Gasteiger partial charge in [-0.25, -0.2) is 4.98 Å². The molecule has 1 saturated heterocycles. The molecule has 102 valence electrons. The van der Waals surface area contributed by atoms with Crippen LogP contribution in [0.2, 0.25) is 0 Å². The SMILES string of the molecule is CNCc1sc(N2CCOCC2C)nc1C(C)C. The average molecular weight is 269 g/mol. The van der Waals surface area contributed by atoms with Gasteiger partial charge in [0.2, 0.25) is 0 Å². The average Bonchev–Trinajstić information content (AvgIpc) is 2.74. The van der Waals surface area contributed by atoms with Gasteiger partial charge in [0.05, 0.1) is 24.9 Å². The Bertz CT molecular complexity index is 392. The van der Waals surface area contributed by atoms with Gasteiger partial charge in [0.15, 0.2) is 5.13 Å². The molecule has 0 saturated carbocycles. The van der Waals surface area contributed by atoms with Gasteiger partial charge in [0, 0.05) is 18.0 Å². The largest absolute Gasteiger partial charge is 0.377 e. The van der Waals surface area contributed by atoms with E-state index in [-0.39, 0.29) is 0 Å². The Morgan fingerprint density at radius 3 is 2.94 bits per heavy atom. The van der Waals surface area contributed by atoms with Crippen LogP contribution in [0.3, 0.4) is 0 Å². The summed E-state index contributed by atoms with van der Waals surface area (Å²) in [5.41, 5.74) is 1.24. The molecule has 0 spiro atoms. The van der Waals surface area contributed by atoms with Crippen LogP contribution < -0.4 is 10.2 Å². The van der Waals surface area contributed by atoms with Crippen molar-refractivity contribution in [2.45, 2.75) is 39.3 Å². The molecule has 1 aliphatic rings. The molecular formula is C13H23N3OS. The Labute approximate surface area is 113 Å². The minimum atomic E-state index is 0.423. The van der Waals surface area contributed by atoms with Crippen LogP contribution >= 0.6 is 11.3 Å². The van der Waals surface area contributed by atoms with E-state index in [4.69, 9.17) is 9.72 Å². The summed E-state index contributed by atoms with van der Waals surface area (Å²) in [6.45, 7) is 10.1. The van der Waals surface area contributed by atoms with Gasteiger partial charge < -0.3 is 15.0 Å². The number of ether oxygens (including phenoxy) is 1. The van der Waals surface area contributed by atoms with E-state index in [1.54, 1.807) is 0 Å². The molecule has 1 aromatic heterocycles. The van der Waals surface area contributed by atoms with E-state index >= 15 is 0 Å². The van der Waals surface area contributed by atoms with E-state index in [1.807, 2.05) is 18.4 Å². The number of anilines is 1. The van der Waals surface area contributed by atoms with Crippen molar-refractivity contribution in [3.05, 3.63) is 10.6 Å². The first-order valence-electron chi connectivity index (χ1n) is 6.62. The summed E-state index contributed by atoms with van der Waals surface area (Å²) in [6, 6.07) is 0.423. The topological polar surface area (TPSA) is 37.4 Å². The van der Waals surface area contributed by atoms with E-state index in [1.165, 1.54) is 10.6 Å². The molecule has 1 N–H and O–H groups in total. The molecule has 0 radical (unpaired) electrons. The van der Waals surface area contributed by atoms with Crippen molar-refractivity contribution in [1.82, 2.24) is 10.3 Å². The molecule has 0 aromatic carbocycles. The van der Waals surface area contributed by atoms with Crippen LogP contribution in [0.4, 0.5) is 5.13 Å². The third-order valence-electron chi connectivity index (χ3n) is 3.21. The molecule has 5 heteroatoms. The van der Waals surface area contributed by atoms with Crippen molar-refractivity contribution in [3.63, 3.8) is 0 Å². The van der Waals surface area contributed by atoms with Crippen LogP contribution in [0.15, 0.2) is 0 Å². The first kappa shape index (κ1) is 13.8. The van der Waals surface area contributed by atoms with E-state index in [9.17, 15) is 0 Å². The van der Waals surface area contributed by atoms with Gasteiger partial charge in [0.25, 0.3) is 0 Å². The Kier molecular flexibility index (Phi) is 4.59. The van der Waals surface area contributed by atoms with Crippen molar-refractivity contribution >= 4 is 16.5 Å². The van der Waals surface area contributed by atoms with E-state index in [0.29, 0.717) is 12.0 Å². The second-order valence-corrected chi connectivity index (χ2v) is 6.17. The zero-order valence-corrected chi connectivity index (χ0v) is 12.5. The molecule has 1 unspecified atom stereocenters. The Balaban J connectivity index is 2.24. The molecular weight excluding hydrogens is 246 g/mol. The fourth-order valence-corrected chi connectivity index (χ4v) is 3.58. The van der Waals surface area contributed by atoms with E-state index < -0.39 is 0 Å². The van der Waals surface area contributed by atoms with Crippen molar-refractivity contribution < 1.29 is 4.74 Å². The zero-order chi connectivity index (χ0) is 13.1. The highest BCUT2D eigenvalue weighted by atomic mass is 32.1. The maximum absolute atomic E-state index is 5.49. The van der Waals surface area contributed by atoms with Gasteiger partial charge in [-0.15, -0.1) is 11.3 Å². The summed E-state index contributed by atoms with van der Waals surface area (Å²) < 4.78 is 5.49. The number of nitrogens with zero attached hydrogens (tertiary/aromatic N) is 2. The van der Waals surface area contributed by atoms with Gasteiger partial charge in [-0.2, -0.15) is 0 Å². The number of hydrogen-bond acceptors (Lipinski definition) is 5. The van der Waals surface area contributed by atoms with Crippen LogP contribution in [-0.2, 0) is 11.3 Å². The number of thiazole rings is 1. The molecule has 0 aliphatic carbocycles. The molecule has 18 heavy (non-hydrogen) atoms. The quantitative estimate of drug-likeness (QED) is 0.909. The Morgan fingerprint density at radius 2 is 2.33 bits per heavy atom. The molecule has 1 aromatic rings. The lowest BCUT2D eigenvalue weighted by atomic mass is 10.1. The summed E-state index contributed by atoms with van der Waals surface area (Å²) in [7, 11) is 1.99. The molecule has 1 aliphatic heterocycles. The van der Waals surface area contributed by atoms with Gasteiger partial charge >= 0.3 is 0 Å². The third kappa shape index (κ3) is 2.84. The van der Waals surface area contributed by atoms with Gasteiger partial charge in [-0.1, -0.05) is 13.8 Å². The molecule has 1 fully saturated rings. The first-order chi connectivity index (χ1) is 8.63. The highest BCUT2D eigenvalue weighted by Gasteiger charge is 2.24. The highest BCUT2D eigenvalue weighted by molar-refractivity contribution is 7.15. The fraction of sp³-hybridized carbons (Fsp3) is 0.769. The summed E-state index contributed by atoms with van der Waals surface area (Å²) in [5.74, 6) is 0.481. The van der Waals surface area contributed by atoms with Crippen LogP contribution in [0.5, 0.6) is 0 Å². The second-order valence-electron chi connectivity index (χ2n) is 5.11. The smallest absolute Gasteiger partial charge is 0.186 e. The Morgan fingerprint density at radius 1 is 1.56 bits per heavy atom. The van der Waals surface area contributed by atoms with Crippen LogP contribution in [0.1, 0.15) is 37.3 Å². The Hall–Kier alpha value is -0.650. The van der Waals surface area contributed by atoms with Crippen LogP contribution in [0.25, 0.3) is 0 Å². The van der Waals surface area contributed by atoms with Gasteiger partial charge in [-0.3, -0.25) is 0 Å². The minimum absolute atomic E-state index is 0.423. The lowest BCUT2D eigenvalue weighted by molar-refractivity contribution is 0.0989. The number of hydrogen-bond donors (Lipinski definition) is 1. The van der Waals surface area contributed by atoms with Crippen molar-refractivity contribution in [3.8, 4) is 0 Å². The van der Waals surface area contributed by atoms with E-state index in [0.717, 1.165) is 31.4 Å². The molecule has 0 bridgehead atoms. The number of aromatic nitrogens is 1. The maximum Gasteiger partial charge on any atom is 0.186 e. The minimum Gasteiger partial charge on any atom is -0.377 e. The standard InChI is InChI=1S/C13H23N3OS/c1-9(2)12-11(7-14-4)18-13(15-12)16-5-6-17-8-10(16)3/h9-10,14H,5-8H2,1-4H3. The van der Waals surface area contributed by atoms with Gasteiger partial charge in [0.1, 0.15) is 0 Å². The molecule has 4 nitrogen and oxygen atoms in total. The lowest BCUT2D eigenvalue weighted by Crippen LogP contribution is -2.43. The highest BCUT2D eigenvalue weighted by Crippen LogP contribution is 2.32. The predicted molar refractivity (Wildman–Crippen MR) is 76.6 cm³/mol. The predicted octanol–water partition coefficient (Wildman–Crippen LogP) is 2.21. The first-order valence-corrected chi connectivity index (χ1v) is 7.43. The van der Waals surface area contributed by atoms with Crippen molar-refractivity contribution in [1.29, 1.82) is 0 Å².